The van der Waals surface area contributed by atoms with Crippen molar-refractivity contribution in [3.05, 3.63) is 41.6 Å². The third-order valence-corrected chi connectivity index (χ3v) is 5.32. The summed E-state index contributed by atoms with van der Waals surface area (Å²) in [5.41, 5.74) is 1.79. The molecule has 0 spiro atoms. The second-order valence-corrected chi connectivity index (χ2v) is 8.25. The molecular formula is C17H23N3O3S. The zero-order valence-corrected chi connectivity index (χ0v) is 15.2. The number of hydrogen-bond donors (Lipinski definition) is 1. The normalized spacial score (nSPS) is 11.7. The molecule has 24 heavy (non-hydrogen) atoms. The highest BCUT2D eigenvalue weighted by Gasteiger charge is 2.18. The number of aromatic nitrogens is 2. The van der Waals surface area contributed by atoms with Gasteiger partial charge in [0.1, 0.15) is 5.82 Å². The van der Waals surface area contributed by atoms with Gasteiger partial charge < -0.3 is 5.32 Å². The van der Waals surface area contributed by atoms with Gasteiger partial charge in [-0.25, -0.2) is 13.1 Å². The molecular weight excluding hydrogens is 326 g/mol. The molecule has 1 heterocycles. The fourth-order valence-corrected chi connectivity index (χ4v) is 3.54. The molecule has 2 rings (SSSR count). The Hall–Kier alpha value is -2.15. The fourth-order valence-electron chi connectivity index (χ4n) is 2.30. The van der Waals surface area contributed by atoms with Crippen LogP contribution in [0.25, 0.3) is 0 Å². The molecule has 0 saturated carbocycles. The quantitative estimate of drug-likeness (QED) is 0.869. The number of hydrogen-bond acceptors (Lipinski definition) is 4. The Balaban J connectivity index is 2.02. The van der Waals surface area contributed by atoms with E-state index >= 15 is 0 Å². The van der Waals surface area contributed by atoms with Crippen molar-refractivity contribution < 1.29 is 13.2 Å². The Morgan fingerprint density at radius 3 is 2.42 bits per heavy atom. The number of carbonyl (C=O) groups excluding carboxylic acids is 1. The van der Waals surface area contributed by atoms with Crippen molar-refractivity contribution in [3.8, 4) is 0 Å². The summed E-state index contributed by atoms with van der Waals surface area (Å²) in [6.45, 7) is 7.66. The third kappa shape index (κ3) is 4.44. The van der Waals surface area contributed by atoms with Crippen LogP contribution in [0.1, 0.15) is 37.6 Å². The van der Waals surface area contributed by atoms with E-state index in [-0.39, 0.29) is 29.0 Å². The zero-order valence-electron chi connectivity index (χ0n) is 14.4. The van der Waals surface area contributed by atoms with Gasteiger partial charge in [-0.1, -0.05) is 17.7 Å². The first-order valence-corrected chi connectivity index (χ1v) is 9.49. The van der Waals surface area contributed by atoms with Gasteiger partial charge in [-0.3, -0.25) is 4.79 Å². The Morgan fingerprint density at radius 1 is 1.21 bits per heavy atom. The van der Waals surface area contributed by atoms with E-state index < -0.39 is 9.84 Å². The van der Waals surface area contributed by atoms with Gasteiger partial charge in [0.2, 0.25) is 5.91 Å². The van der Waals surface area contributed by atoms with Crippen molar-refractivity contribution in [1.82, 2.24) is 9.78 Å². The van der Waals surface area contributed by atoms with Crippen LogP contribution in [0, 0.1) is 13.8 Å². The molecule has 0 fully saturated rings. The lowest BCUT2D eigenvalue weighted by Crippen LogP contribution is -2.20. The van der Waals surface area contributed by atoms with E-state index in [4.69, 9.17) is 0 Å². The summed E-state index contributed by atoms with van der Waals surface area (Å²) in [6, 6.07) is 8.50. The summed E-state index contributed by atoms with van der Waals surface area (Å²) in [5.74, 6) is 0.0178. The third-order valence-electron chi connectivity index (χ3n) is 3.59. The highest BCUT2D eigenvalue weighted by atomic mass is 32.2. The van der Waals surface area contributed by atoms with Gasteiger partial charge in [-0.05, 0) is 39.8 Å². The number of nitrogens with zero attached hydrogens (tertiary/aromatic N) is 2. The number of carbonyl (C=O) groups is 1. The van der Waals surface area contributed by atoms with Crippen LogP contribution in [0.15, 0.2) is 35.2 Å². The number of nitrogens with one attached hydrogen (secondary N) is 1. The first-order chi connectivity index (χ1) is 11.2. The van der Waals surface area contributed by atoms with Crippen LogP contribution in [-0.2, 0) is 14.6 Å². The van der Waals surface area contributed by atoms with E-state index in [1.54, 1.807) is 35.0 Å². The maximum absolute atomic E-state index is 12.3. The molecule has 0 aliphatic rings. The summed E-state index contributed by atoms with van der Waals surface area (Å²) < 4.78 is 26.3. The number of sulfone groups is 1. The number of amides is 1. The summed E-state index contributed by atoms with van der Waals surface area (Å²) in [7, 11) is -3.47. The molecule has 0 unspecified atom stereocenters. The van der Waals surface area contributed by atoms with Crippen molar-refractivity contribution in [3.63, 3.8) is 0 Å². The fraction of sp³-hybridized carbons (Fsp3) is 0.412. The smallest absolute Gasteiger partial charge is 0.226 e. The topological polar surface area (TPSA) is 81.1 Å². The Labute approximate surface area is 142 Å². The van der Waals surface area contributed by atoms with Crippen LogP contribution < -0.4 is 5.32 Å². The Morgan fingerprint density at radius 2 is 1.83 bits per heavy atom. The minimum Gasteiger partial charge on any atom is -0.311 e. The van der Waals surface area contributed by atoms with E-state index in [9.17, 15) is 13.2 Å². The summed E-state index contributed by atoms with van der Waals surface area (Å²) >= 11 is 0. The second kappa shape index (κ2) is 7.17. The molecule has 0 bridgehead atoms. The molecule has 1 amide bonds. The minimum atomic E-state index is -3.47. The molecule has 0 aliphatic carbocycles. The highest BCUT2D eigenvalue weighted by molar-refractivity contribution is 7.91. The van der Waals surface area contributed by atoms with Crippen LogP contribution in [0.4, 0.5) is 5.82 Å². The van der Waals surface area contributed by atoms with Gasteiger partial charge in [0.15, 0.2) is 9.84 Å². The van der Waals surface area contributed by atoms with E-state index in [0.717, 1.165) is 11.3 Å². The van der Waals surface area contributed by atoms with E-state index in [1.807, 2.05) is 27.7 Å². The molecule has 1 aromatic carbocycles. The monoisotopic (exact) mass is 349 g/mol. The average molecular weight is 349 g/mol. The van der Waals surface area contributed by atoms with Crippen LogP contribution in [0.5, 0.6) is 0 Å². The molecule has 2 aromatic rings. The lowest BCUT2D eigenvalue weighted by Gasteiger charge is -2.11. The Bertz CT molecular complexity index is 821. The summed E-state index contributed by atoms with van der Waals surface area (Å²) in [4.78, 5) is 12.4. The number of anilines is 1. The van der Waals surface area contributed by atoms with Crippen molar-refractivity contribution in [2.24, 2.45) is 0 Å². The van der Waals surface area contributed by atoms with Crippen molar-refractivity contribution in [1.29, 1.82) is 0 Å². The molecule has 6 nitrogen and oxygen atoms in total. The first-order valence-electron chi connectivity index (χ1n) is 7.84. The minimum absolute atomic E-state index is 0.0987. The molecule has 1 aromatic heterocycles. The molecule has 7 heteroatoms. The van der Waals surface area contributed by atoms with Gasteiger partial charge in [0.25, 0.3) is 0 Å². The van der Waals surface area contributed by atoms with E-state index in [2.05, 4.69) is 10.4 Å². The predicted octanol–water partition coefficient (Wildman–Crippen LogP) is 2.88. The van der Waals surface area contributed by atoms with Crippen LogP contribution >= 0.6 is 0 Å². The van der Waals surface area contributed by atoms with Gasteiger partial charge in [0, 0.05) is 18.5 Å². The largest absolute Gasteiger partial charge is 0.311 e. The van der Waals surface area contributed by atoms with Crippen molar-refractivity contribution in [2.75, 3.05) is 11.1 Å². The summed E-state index contributed by atoms with van der Waals surface area (Å²) in [5, 5.41) is 7.05. The van der Waals surface area contributed by atoms with E-state index in [0.29, 0.717) is 5.82 Å². The number of benzene rings is 1. The summed E-state index contributed by atoms with van der Waals surface area (Å²) in [6.07, 6.45) is -0.0987. The average Bonchev–Trinajstić information content (AvgIpc) is 2.86. The molecule has 1 N–H and O–H groups in total. The van der Waals surface area contributed by atoms with Gasteiger partial charge in [-0.2, -0.15) is 5.10 Å². The number of rotatable bonds is 6. The number of aryl methyl sites for hydroxylation is 2. The van der Waals surface area contributed by atoms with Crippen molar-refractivity contribution in [2.45, 2.75) is 45.1 Å². The standard InChI is InChI=1S/C17H23N3O3S/c1-12(2)20-16(11-14(4)19-20)18-17(21)9-10-24(22,23)15-7-5-13(3)6-8-15/h5-8,11-12H,9-10H2,1-4H3,(H,18,21). The zero-order chi connectivity index (χ0) is 17.9. The van der Waals surface area contributed by atoms with Crippen LogP contribution in [0.3, 0.4) is 0 Å². The molecule has 0 saturated heterocycles. The maximum atomic E-state index is 12.3. The molecule has 0 radical (unpaired) electrons. The van der Waals surface area contributed by atoms with Crippen LogP contribution in [0.2, 0.25) is 0 Å². The molecule has 0 atom stereocenters. The lowest BCUT2D eigenvalue weighted by atomic mass is 10.2. The molecule has 130 valence electrons. The van der Waals surface area contributed by atoms with Gasteiger partial charge in [0.05, 0.1) is 16.3 Å². The van der Waals surface area contributed by atoms with Gasteiger partial charge in [-0.15, -0.1) is 0 Å². The maximum Gasteiger partial charge on any atom is 0.226 e. The van der Waals surface area contributed by atoms with E-state index in [1.165, 1.54) is 0 Å². The highest BCUT2D eigenvalue weighted by Crippen LogP contribution is 2.17. The lowest BCUT2D eigenvalue weighted by molar-refractivity contribution is -0.115. The predicted molar refractivity (Wildman–Crippen MR) is 93.8 cm³/mol. The molecule has 0 aliphatic heterocycles. The Kier molecular flexibility index (Phi) is 5.43. The van der Waals surface area contributed by atoms with Crippen LogP contribution in [-0.4, -0.2) is 29.9 Å². The first kappa shape index (κ1) is 18.2. The van der Waals surface area contributed by atoms with Crippen molar-refractivity contribution >= 4 is 21.6 Å². The van der Waals surface area contributed by atoms with Gasteiger partial charge >= 0.3 is 0 Å². The SMILES string of the molecule is Cc1ccc(S(=O)(=O)CCC(=O)Nc2cc(C)nn2C(C)C)cc1. The second-order valence-electron chi connectivity index (χ2n) is 6.14.